The topological polar surface area (TPSA) is 53.8 Å². The van der Waals surface area contributed by atoms with Gasteiger partial charge in [0, 0.05) is 27.7 Å². The van der Waals surface area contributed by atoms with Crippen molar-refractivity contribution in [3.63, 3.8) is 0 Å². The number of nitrogens with zero attached hydrogens (tertiary/aromatic N) is 2. The molecule has 2 aliphatic heterocycles. The van der Waals surface area contributed by atoms with Crippen LogP contribution in [0, 0.1) is 5.41 Å². The second-order valence-corrected chi connectivity index (χ2v) is 9.50. The van der Waals surface area contributed by atoms with E-state index in [-0.39, 0.29) is 23.2 Å². The lowest BCUT2D eigenvalue weighted by Gasteiger charge is -2.48. The van der Waals surface area contributed by atoms with Gasteiger partial charge in [0.1, 0.15) is 0 Å². The summed E-state index contributed by atoms with van der Waals surface area (Å²) in [6, 6.07) is 7.17. The van der Waals surface area contributed by atoms with E-state index in [1.807, 2.05) is 26.8 Å². The molecule has 2 atom stereocenters. The van der Waals surface area contributed by atoms with Crippen LogP contribution < -0.4 is 5.32 Å². The van der Waals surface area contributed by atoms with Crippen LogP contribution in [-0.2, 0) is 10.2 Å². The zero-order chi connectivity index (χ0) is 21.2. The Hall–Kier alpha value is -1.96. The summed E-state index contributed by atoms with van der Waals surface area (Å²) in [5.41, 5.74) is -0.716. The molecule has 29 heavy (non-hydrogen) atoms. The summed E-state index contributed by atoms with van der Waals surface area (Å²) in [6.07, 6.45) is -4.42. The number of allylic oxidation sites excluding steroid dienone is 3. The van der Waals surface area contributed by atoms with E-state index in [1.165, 1.54) is 0 Å². The largest absolute Gasteiger partial charge is 0.435 e. The Labute approximate surface area is 175 Å². The number of hydrogen-bond acceptors (Lipinski definition) is 4. The van der Waals surface area contributed by atoms with Gasteiger partial charge in [-0.3, -0.25) is 4.79 Å². The van der Waals surface area contributed by atoms with Crippen LogP contribution >= 0.6 is 15.9 Å². The Balaban J connectivity index is 2.09. The van der Waals surface area contributed by atoms with Gasteiger partial charge in [-0.15, -0.1) is 5.11 Å². The molecule has 1 aliphatic carbocycles. The van der Waals surface area contributed by atoms with Crippen molar-refractivity contribution < 1.29 is 18.0 Å². The number of rotatable bonds is 2. The number of alkyl halides is 3. The third kappa shape index (κ3) is 3.07. The van der Waals surface area contributed by atoms with Crippen molar-refractivity contribution in [2.75, 3.05) is 0 Å². The third-order valence-electron chi connectivity index (χ3n) is 5.99. The minimum Gasteiger partial charge on any atom is -0.362 e. The van der Waals surface area contributed by atoms with E-state index in [9.17, 15) is 18.0 Å². The Morgan fingerprint density at radius 3 is 2.62 bits per heavy atom. The lowest BCUT2D eigenvalue weighted by Crippen LogP contribution is -2.52. The summed E-state index contributed by atoms with van der Waals surface area (Å²) in [5, 5.41) is 10.6. The normalized spacial score (nSPS) is 28.4. The highest BCUT2D eigenvalue weighted by Crippen LogP contribution is 2.56. The van der Waals surface area contributed by atoms with E-state index in [0.29, 0.717) is 29.7 Å². The molecule has 0 amide bonds. The average molecular weight is 468 g/mol. The first-order valence-corrected chi connectivity index (χ1v) is 10.3. The number of azo groups is 1. The highest BCUT2D eigenvalue weighted by molar-refractivity contribution is 9.10. The number of Topliss-reactive ketones (excluding diaryl/α,β-unsaturated/α-hetero) is 1. The van der Waals surface area contributed by atoms with Crippen LogP contribution in [0.25, 0.3) is 0 Å². The second kappa shape index (κ2) is 6.52. The number of carbonyl (C=O) groups is 1. The molecule has 1 unspecified atom stereocenters. The summed E-state index contributed by atoms with van der Waals surface area (Å²) in [6.45, 7) is 5.80. The molecule has 0 radical (unpaired) electrons. The van der Waals surface area contributed by atoms with Crippen molar-refractivity contribution in [2.45, 2.75) is 57.8 Å². The molecular weight excluding hydrogens is 447 g/mol. The van der Waals surface area contributed by atoms with Crippen LogP contribution in [0.5, 0.6) is 0 Å². The van der Waals surface area contributed by atoms with Gasteiger partial charge in [-0.2, -0.15) is 18.3 Å². The van der Waals surface area contributed by atoms with Crippen molar-refractivity contribution in [3.05, 3.63) is 56.8 Å². The molecule has 4 rings (SSSR count). The molecule has 1 N–H and O–H groups in total. The van der Waals surface area contributed by atoms with Crippen molar-refractivity contribution in [1.29, 1.82) is 0 Å². The first-order chi connectivity index (χ1) is 13.5. The van der Waals surface area contributed by atoms with Gasteiger partial charge in [0.25, 0.3) is 0 Å². The maximum atomic E-state index is 13.9. The van der Waals surface area contributed by atoms with Crippen molar-refractivity contribution in [1.82, 2.24) is 5.32 Å². The van der Waals surface area contributed by atoms with Gasteiger partial charge in [0.15, 0.2) is 17.6 Å². The van der Waals surface area contributed by atoms with Crippen molar-refractivity contribution in [3.8, 4) is 0 Å². The molecule has 0 aromatic heterocycles. The van der Waals surface area contributed by atoms with E-state index in [1.54, 1.807) is 18.2 Å². The van der Waals surface area contributed by atoms with E-state index >= 15 is 0 Å². The van der Waals surface area contributed by atoms with Gasteiger partial charge in [-0.1, -0.05) is 48.8 Å². The number of nitrogens with one attached hydrogen (secondary N) is 1. The molecule has 1 aromatic carbocycles. The lowest BCUT2D eigenvalue weighted by atomic mass is 9.58. The average Bonchev–Trinajstić information content (AvgIpc) is 3.03. The van der Waals surface area contributed by atoms with E-state index in [4.69, 9.17) is 0 Å². The predicted molar refractivity (Wildman–Crippen MR) is 106 cm³/mol. The van der Waals surface area contributed by atoms with E-state index < -0.39 is 23.5 Å². The fraction of sp³-hybridized carbons (Fsp3) is 0.476. The molecule has 3 aliphatic rings. The Bertz CT molecular complexity index is 993. The zero-order valence-electron chi connectivity index (χ0n) is 16.3. The Morgan fingerprint density at radius 2 is 2.00 bits per heavy atom. The Kier molecular flexibility index (Phi) is 4.57. The van der Waals surface area contributed by atoms with Gasteiger partial charge >= 0.3 is 6.18 Å². The minimum atomic E-state index is -4.66. The quantitative estimate of drug-likeness (QED) is 0.583. The van der Waals surface area contributed by atoms with Crippen LogP contribution in [0.3, 0.4) is 0 Å². The first kappa shape index (κ1) is 20.3. The second-order valence-electron chi connectivity index (χ2n) is 8.59. The molecule has 0 saturated carbocycles. The highest BCUT2D eigenvalue weighted by atomic mass is 79.9. The number of halogens is 4. The van der Waals surface area contributed by atoms with Crippen molar-refractivity contribution >= 4 is 21.7 Å². The minimum absolute atomic E-state index is 0.0254. The van der Waals surface area contributed by atoms with Crippen LogP contribution in [-0.4, -0.2) is 18.1 Å². The standard InChI is InChI=1S/C21H21BrF3N3O/c1-4-20(11-6-5-7-12(22)8-11)15-13(9-19(2,3)10-14(15)29)26-18-16(20)17(27-28-18)21(23,24)25/h5-8,18,26H,4,9-10H2,1-3H3/t18?,20-/m1/s1. The molecule has 8 heteroatoms. The fourth-order valence-electron chi connectivity index (χ4n) is 4.97. The number of carbonyl (C=O) groups excluding carboxylic acids is 1. The smallest absolute Gasteiger partial charge is 0.362 e. The monoisotopic (exact) mass is 467 g/mol. The molecule has 0 bridgehead atoms. The number of ketones is 1. The first-order valence-electron chi connectivity index (χ1n) is 9.52. The highest BCUT2D eigenvalue weighted by Gasteiger charge is 2.57. The molecule has 2 heterocycles. The third-order valence-corrected chi connectivity index (χ3v) is 6.48. The van der Waals surface area contributed by atoms with Gasteiger partial charge in [-0.05, 0) is 36.0 Å². The van der Waals surface area contributed by atoms with Gasteiger partial charge in [0.05, 0.1) is 5.41 Å². The van der Waals surface area contributed by atoms with E-state index in [0.717, 1.165) is 4.47 Å². The summed E-state index contributed by atoms with van der Waals surface area (Å²) < 4.78 is 42.4. The molecule has 4 nitrogen and oxygen atoms in total. The molecule has 154 valence electrons. The molecule has 1 aromatic rings. The number of fused-ring (bicyclic) bond motifs is 1. The summed E-state index contributed by atoms with van der Waals surface area (Å²) in [4.78, 5) is 13.3. The number of benzene rings is 1. The molecule has 0 saturated heterocycles. The SMILES string of the molecule is CC[C@@]1(c2cccc(Br)c2)C2=C(CC(C)(C)CC2=O)NC2N=NC(C(F)(F)F)=C21. The van der Waals surface area contributed by atoms with Crippen LogP contribution in [0.4, 0.5) is 13.2 Å². The van der Waals surface area contributed by atoms with Gasteiger partial charge < -0.3 is 5.32 Å². The van der Waals surface area contributed by atoms with Gasteiger partial charge in [0.2, 0.25) is 0 Å². The van der Waals surface area contributed by atoms with Crippen LogP contribution in [0.2, 0.25) is 0 Å². The van der Waals surface area contributed by atoms with Crippen molar-refractivity contribution in [2.24, 2.45) is 15.6 Å². The lowest BCUT2D eigenvalue weighted by molar-refractivity contribution is -0.119. The van der Waals surface area contributed by atoms with Gasteiger partial charge in [-0.25, -0.2) is 0 Å². The molecule has 0 fully saturated rings. The maximum Gasteiger partial charge on any atom is 0.435 e. The van der Waals surface area contributed by atoms with Crippen LogP contribution in [0.1, 0.15) is 45.6 Å². The maximum absolute atomic E-state index is 13.9. The molecular formula is C21H21BrF3N3O. The predicted octanol–water partition coefficient (Wildman–Crippen LogP) is 5.95. The summed E-state index contributed by atoms with van der Waals surface area (Å²) in [5.74, 6) is -0.120. The van der Waals surface area contributed by atoms with E-state index in [2.05, 4.69) is 31.5 Å². The zero-order valence-corrected chi connectivity index (χ0v) is 17.9. The number of hydrogen-bond donors (Lipinski definition) is 1. The fourth-order valence-corrected chi connectivity index (χ4v) is 5.37. The Morgan fingerprint density at radius 1 is 1.28 bits per heavy atom. The van der Waals surface area contributed by atoms with Crippen LogP contribution in [0.15, 0.2) is 61.5 Å². The molecule has 0 spiro atoms. The summed E-state index contributed by atoms with van der Waals surface area (Å²) >= 11 is 3.43. The summed E-state index contributed by atoms with van der Waals surface area (Å²) in [7, 11) is 0.